The molecule has 0 aromatic carbocycles. The van der Waals surface area contributed by atoms with Crippen LogP contribution in [-0.4, -0.2) is 66.4 Å². The van der Waals surface area contributed by atoms with E-state index in [2.05, 4.69) is 109 Å². The fourth-order valence-electron chi connectivity index (χ4n) is 2.74. The van der Waals surface area contributed by atoms with Gasteiger partial charge >= 0.3 is 0 Å². The van der Waals surface area contributed by atoms with Crippen LogP contribution in [0.5, 0.6) is 0 Å². The van der Waals surface area contributed by atoms with Crippen molar-refractivity contribution in [2.75, 3.05) is 0 Å². The van der Waals surface area contributed by atoms with Crippen LogP contribution in [0.15, 0.2) is 0 Å². The van der Waals surface area contributed by atoms with Crippen molar-refractivity contribution in [3.8, 4) is 0 Å². The van der Waals surface area contributed by atoms with Crippen LogP contribution in [0.25, 0.3) is 0 Å². The van der Waals surface area contributed by atoms with Gasteiger partial charge < -0.3 is 13.3 Å². The first-order chi connectivity index (χ1) is 20.4. The summed E-state index contributed by atoms with van der Waals surface area (Å²) in [4.78, 5) is 43.7. The summed E-state index contributed by atoms with van der Waals surface area (Å²) in [7, 11) is -5.25. The van der Waals surface area contributed by atoms with E-state index in [1.807, 2.05) is 27.7 Å². The molecule has 0 aliphatic rings. The summed E-state index contributed by atoms with van der Waals surface area (Å²) in [6.45, 7) is 48.5. The zero-order chi connectivity index (χ0) is 39.2. The molecule has 0 saturated heterocycles. The first-order valence-corrected chi connectivity index (χ1v) is 26.2. The smallest absolute Gasteiger partial charge is 0.193 e. The van der Waals surface area contributed by atoms with Gasteiger partial charge in [0.05, 0.1) is 0 Å². The van der Waals surface area contributed by atoms with Gasteiger partial charge in [-0.25, -0.2) is 0 Å². The first-order valence-electron chi connectivity index (χ1n) is 17.5. The van der Waals surface area contributed by atoms with Crippen molar-refractivity contribution < 1.29 is 32.5 Å². The molecule has 0 bridgehead atoms. The van der Waals surface area contributed by atoms with Crippen LogP contribution in [0.2, 0.25) is 54.4 Å². The second-order valence-corrected chi connectivity index (χ2v) is 32.0. The molecular weight excluding hydrogens is 641 g/mol. The largest absolute Gasteiger partial charge is 0.407 e. The van der Waals surface area contributed by atoms with Crippen LogP contribution in [0.1, 0.15) is 137 Å². The maximum atomic E-state index is 11.0. The van der Waals surface area contributed by atoms with Crippen LogP contribution in [0.4, 0.5) is 0 Å². The fraction of sp³-hybridized carbons (Fsp3) is 0.892. The van der Waals surface area contributed by atoms with E-state index in [0.717, 1.165) is 12.8 Å². The van der Waals surface area contributed by atoms with Gasteiger partial charge in [0.25, 0.3) is 0 Å². The number of ketones is 4. The minimum Gasteiger partial charge on any atom is -0.407 e. The third-order valence-corrected chi connectivity index (χ3v) is 23.6. The Bertz CT molecular complexity index is 848. The van der Waals surface area contributed by atoms with Gasteiger partial charge in [0.15, 0.2) is 42.3 Å². The van der Waals surface area contributed by atoms with Crippen LogP contribution >= 0.6 is 0 Å². The predicted molar refractivity (Wildman–Crippen MR) is 210 cm³/mol. The fourth-order valence-corrected chi connectivity index (χ4v) is 6.95. The summed E-state index contributed by atoms with van der Waals surface area (Å²) in [6.07, 6.45) is 1.40. The molecule has 0 aliphatic heterocycles. The molecule has 0 N–H and O–H groups in total. The third kappa shape index (κ3) is 23.3. The molecule has 0 aromatic rings. The molecule has 0 unspecified atom stereocenters. The van der Waals surface area contributed by atoms with Crippen molar-refractivity contribution in [2.24, 2.45) is 5.92 Å². The summed E-state index contributed by atoms with van der Waals surface area (Å²) in [5, 5.41) is 0.532. The minimum absolute atomic E-state index is 0.116. The monoisotopic (exact) mass is 721 g/mol. The number of carbonyl (C=O) groups excluding carboxylic acids is 4. The van der Waals surface area contributed by atoms with Gasteiger partial charge in [0, 0.05) is 5.92 Å². The molecular formula is C37H80O7Si3. The highest BCUT2D eigenvalue weighted by Crippen LogP contribution is 2.39. The van der Waals surface area contributed by atoms with Crippen LogP contribution in [-0.2, 0) is 32.5 Å². The molecule has 0 rings (SSSR count). The van der Waals surface area contributed by atoms with E-state index >= 15 is 0 Å². The topological polar surface area (TPSA) is 96.0 Å². The summed E-state index contributed by atoms with van der Waals surface area (Å²) < 4.78 is 17.6. The summed E-state index contributed by atoms with van der Waals surface area (Å²) in [5.41, 5.74) is 0. The van der Waals surface area contributed by atoms with Gasteiger partial charge in [-0.15, -0.1) is 0 Å². The van der Waals surface area contributed by atoms with Crippen molar-refractivity contribution in [3.05, 3.63) is 0 Å². The van der Waals surface area contributed by atoms with Crippen molar-refractivity contribution in [1.82, 2.24) is 0 Å². The molecule has 0 radical (unpaired) electrons. The quantitative estimate of drug-likeness (QED) is 0.185. The predicted octanol–water partition coefficient (Wildman–Crippen LogP) is 11.0. The lowest BCUT2D eigenvalue weighted by atomic mass is 10.0. The Morgan fingerprint density at radius 3 is 0.745 bits per heavy atom. The molecule has 10 heteroatoms. The second-order valence-electron chi connectivity index (χ2n) is 17.7. The average molecular weight is 721 g/mol. The molecule has 0 saturated carbocycles. The standard InChI is InChI=1S/3C10H22O2Si.C7H14O/c3*1-8(11)9(2)12-13(6,7)10(3,4)5;1-4-5-6(2)7(3)8/h3*9H,1-7H3;6H,4-5H2,1-3H3/t3*9-;6-/m1000/s1. The highest BCUT2D eigenvalue weighted by Gasteiger charge is 2.40. The van der Waals surface area contributed by atoms with Gasteiger partial charge in [-0.1, -0.05) is 82.6 Å². The number of rotatable bonds is 12. The molecule has 0 aromatic heterocycles. The Morgan fingerprint density at radius 1 is 0.468 bits per heavy atom. The van der Waals surface area contributed by atoms with E-state index in [1.165, 1.54) is 0 Å². The molecule has 0 spiro atoms. The first kappa shape index (κ1) is 53.0. The van der Waals surface area contributed by atoms with E-state index in [9.17, 15) is 19.2 Å². The van der Waals surface area contributed by atoms with Crippen LogP contribution < -0.4 is 0 Å². The van der Waals surface area contributed by atoms with Gasteiger partial charge in [0.2, 0.25) is 0 Å². The van der Waals surface area contributed by atoms with E-state index in [1.54, 1.807) is 27.7 Å². The van der Waals surface area contributed by atoms with Crippen molar-refractivity contribution in [2.45, 2.75) is 210 Å². The highest BCUT2D eigenvalue weighted by atomic mass is 28.4. The number of hydrogen-bond donors (Lipinski definition) is 0. The zero-order valence-electron chi connectivity index (χ0n) is 35.6. The summed E-state index contributed by atoms with van der Waals surface area (Å²) in [6, 6.07) is 0. The third-order valence-electron chi connectivity index (χ3n) is 9.97. The van der Waals surface area contributed by atoms with Gasteiger partial charge in [0.1, 0.15) is 24.1 Å². The molecule has 0 fully saturated rings. The Labute approximate surface area is 295 Å². The normalized spacial score (nSPS) is 15.2. The molecule has 4 atom stereocenters. The number of carbonyl (C=O) groups is 4. The molecule has 0 aliphatic carbocycles. The van der Waals surface area contributed by atoms with Crippen molar-refractivity contribution >= 4 is 48.1 Å². The molecule has 282 valence electrons. The lowest BCUT2D eigenvalue weighted by Gasteiger charge is -2.37. The van der Waals surface area contributed by atoms with Gasteiger partial charge in [-0.3, -0.25) is 19.2 Å². The molecule has 47 heavy (non-hydrogen) atoms. The summed E-state index contributed by atoms with van der Waals surface area (Å²) in [5.74, 6) is 0.936. The minimum atomic E-state index is -1.75. The average Bonchev–Trinajstić information content (AvgIpc) is 2.82. The van der Waals surface area contributed by atoms with E-state index < -0.39 is 25.0 Å². The lowest BCUT2D eigenvalue weighted by Crippen LogP contribution is -2.44. The van der Waals surface area contributed by atoms with E-state index in [-0.39, 0.29) is 56.7 Å². The number of Topliss-reactive ketones (excluding diaryl/α,β-unsaturated/α-hetero) is 4. The van der Waals surface area contributed by atoms with Gasteiger partial charge in [-0.2, -0.15) is 0 Å². The highest BCUT2D eigenvalue weighted by molar-refractivity contribution is 6.75. The maximum absolute atomic E-state index is 11.0. The van der Waals surface area contributed by atoms with Crippen LogP contribution in [0.3, 0.4) is 0 Å². The Hall–Kier alpha value is -0.789. The number of hydrogen-bond acceptors (Lipinski definition) is 7. The Kier molecular flexibility index (Phi) is 24.2. The SMILES string of the molecule is CC(=O)[C@@H](C)O[Si](C)(C)C(C)(C)C.CC(=O)[C@H](C)O[Si](C)(C)C(C)(C)C.CC(=O)[C@H](C)O[Si](C)(C)C(C)(C)C.CCC[C@H](C)C(C)=O. The van der Waals surface area contributed by atoms with E-state index in [4.69, 9.17) is 13.3 Å². The van der Waals surface area contributed by atoms with Gasteiger partial charge in [-0.05, 0) is 109 Å². The van der Waals surface area contributed by atoms with E-state index in [0.29, 0.717) is 5.78 Å². The van der Waals surface area contributed by atoms with Crippen molar-refractivity contribution in [3.63, 3.8) is 0 Å². The second kappa shape index (κ2) is 21.4. The molecule has 7 nitrogen and oxygen atoms in total. The lowest BCUT2D eigenvalue weighted by molar-refractivity contribution is -0.124. The molecule has 0 amide bonds. The van der Waals surface area contributed by atoms with Crippen molar-refractivity contribution in [1.29, 1.82) is 0 Å². The zero-order valence-corrected chi connectivity index (χ0v) is 38.6. The summed E-state index contributed by atoms with van der Waals surface area (Å²) >= 11 is 0. The van der Waals surface area contributed by atoms with Crippen LogP contribution in [0, 0.1) is 5.92 Å². The molecule has 0 heterocycles. The Morgan fingerprint density at radius 2 is 0.660 bits per heavy atom. The maximum Gasteiger partial charge on any atom is 0.193 e. The Balaban J connectivity index is -0.000000266.